The van der Waals surface area contributed by atoms with Gasteiger partial charge in [-0.25, -0.2) is 0 Å². The quantitative estimate of drug-likeness (QED) is 0.0606. The molecule has 0 aromatic heterocycles. The van der Waals surface area contributed by atoms with E-state index in [4.69, 9.17) is 44.8 Å². The third-order valence-corrected chi connectivity index (χ3v) is 9.76. The van der Waals surface area contributed by atoms with Crippen LogP contribution < -0.4 is 9.47 Å². The molecule has 0 saturated carbocycles. The zero-order valence-electron chi connectivity index (χ0n) is 31.9. The number of benzene rings is 5. The normalized spacial score (nSPS) is 19.2. The molecule has 1 aliphatic rings. The number of ether oxygens (including phenoxy) is 7. The summed E-state index contributed by atoms with van der Waals surface area (Å²) < 4.78 is 45.2. The minimum Gasteiger partial charge on any atom is -0.494 e. The summed E-state index contributed by atoms with van der Waals surface area (Å²) in [6.45, 7) is 8.78. The zero-order chi connectivity index (χ0) is 39.1. The zero-order valence-corrected chi connectivity index (χ0v) is 32.6. The van der Waals surface area contributed by atoms with Crippen LogP contribution in [-0.2, 0) is 54.7 Å². The molecule has 292 valence electrons. The first kappa shape index (κ1) is 40.7. The van der Waals surface area contributed by atoms with Crippen molar-refractivity contribution in [3.05, 3.63) is 178 Å². The van der Waals surface area contributed by atoms with Gasteiger partial charge in [0.25, 0.3) is 0 Å². The minimum atomic E-state index is -0.771. The minimum absolute atomic E-state index is 0.0721. The second-order valence-electron chi connectivity index (χ2n) is 13.5. The summed E-state index contributed by atoms with van der Waals surface area (Å²) in [6, 6.07) is 41.6. The number of rotatable bonds is 19. The van der Waals surface area contributed by atoms with E-state index in [-0.39, 0.29) is 33.0 Å². The van der Waals surface area contributed by atoms with Gasteiger partial charge in [-0.05, 0) is 65.4 Å². The van der Waals surface area contributed by atoms with E-state index in [0.29, 0.717) is 29.4 Å². The van der Waals surface area contributed by atoms with Crippen LogP contribution in [0, 0.1) is 0 Å². The maximum absolute atomic E-state index is 12.3. The van der Waals surface area contributed by atoms with Gasteiger partial charge in [-0.2, -0.15) is 0 Å². The Morgan fingerprint density at radius 3 is 1.80 bits per heavy atom. The molecule has 5 aromatic carbocycles. The highest BCUT2D eigenvalue weighted by Crippen LogP contribution is 2.43. The summed E-state index contributed by atoms with van der Waals surface area (Å²) in [7, 11) is 0. The number of carbonyl (C=O) groups is 1. The molecule has 6 rings (SSSR count). The van der Waals surface area contributed by atoms with Gasteiger partial charge in [0.2, 0.25) is 0 Å². The van der Waals surface area contributed by atoms with E-state index in [1.807, 2.05) is 134 Å². The number of halogens is 1. The number of hydrogen-bond acceptors (Lipinski definition) is 8. The molecule has 0 radical (unpaired) electrons. The van der Waals surface area contributed by atoms with Gasteiger partial charge < -0.3 is 33.2 Å². The lowest BCUT2D eigenvalue weighted by atomic mass is 9.88. The predicted molar refractivity (Wildman–Crippen MR) is 217 cm³/mol. The molecule has 5 atom stereocenters. The third kappa shape index (κ3) is 11.3. The fourth-order valence-electron chi connectivity index (χ4n) is 6.71. The van der Waals surface area contributed by atoms with Gasteiger partial charge in [0.1, 0.15) is 55.2 Å². The van der Waals surface area contributed by atoms with E-state index in [0.717, 1.165) is 33.6 Å². The van der Waals surface area contributed by atoms with Crippen LogP contribution in [0.25, 0.3) is 0 Å². The molecule has 1 saturated heterocycles. The van der Waals surface area contributed by atoms with Gasteiger partial charge in [-0.15, -0.1) is 0 Å². The van der Waals surface area contributed by atoms with Gasteiger partial charge in [0.05, 0.1) is 26.4 Å². The number of esters is 1. The van der Waals surface area contributed by atoms with E-state index in [9.17, 15) is 4.79 Å². The van der Waals surface area contributed by atoms with Crippen molar-refractivity contribution < 1.29 is 38.0 Å². The third-order valence-electron chi connectivity index (χ3n) is 9.41. The summed E-state index contributed by atoms with van der Waals surface area (Å²) in [4.78, 5) is 12.3. The maximum atomic E-state index is 12.3. The van der Waals surface area contributed by atoms with E-state index >= 15 is 0 Å². The van der Waals surface area contributed by atoms with Crippen LogP contribution in [0.3, 0.4) is 0 Å². The average Bonchev–Trinajstić information content (AvgIpc) is 3.22. The molecule has 0 spiro atoms. The van der Waals surface area contributed by atoms with Crippen molar-refractivity contribution in [2.45, 2.75) is 70.6 Å². The summed E-state index contributed by atoms with van der Waals surface area (Å²) in [5.41, 5.74) is 5.55. The van der Waals surface area contributed by atoms with Crippen LogP contribution in [0.2, 0.25) is 5.02 Å². The van der Waals surface area contributed by atoms with Crippen molar-refractivity contribution in [2.24, 2.45) is 0 Å². The highest BCUT2D eigenvalue weighted by atomic mass is 35.5. The van der Waals surface area contributed by atoms with Crippen LogP contribution in [0.4, 0.5) is 0 Å². The lowest BCUT2D eigenvalue weighted by Gasteiger charge is -2.46. The Morgan fingerprint density at radius 2 is 1.27 bits per heavy atom. The molecular formula is C47H49ClO8. The second kappa shape index (κ2) is 20.8. The predicted octanol–water partition coefficient (Wildman–Crippen LogP) is 9.65. The van der Waals surface area contributed by atoms with Crippen molar-refractivity contribution in [3.63, 3.8) is 0 Å². The Labute approximate surface area is 334 Å². The molecule has 8 nitrogen and oxygen atoms in total. The molecule has 5 aromatic rings. The standard InChI is InChI=1S/C47H49ClO8/c1-4-25-51-42-28-41(48)38(26-34-21-23-39(24-22-34)50-5-2)27-40(42)44-46(54-30-36-17-11-7-12-18-36)47(55-31-37-19-13-8-14-20-37)45(43(56-44)32-52-33(3)49)53-29-35-15-9-6-10-16-35/h4,6-24,27-28,43-47H,1,5,25-26,29-32H2,2-3H3/t43-,44+,45-,46+,47-/m1/s1. The molecule has 0 N–H and O–H groups in total. The van der Waals surface area contributed by atoms with E-state index < -0.39 is 36.5 Å². The Bertz CT molecular complexity index is 1960. The average molecular weight is 777 g/mol. The van der Waals surface area contributed by atoms with Gasteiger partial charge in [-0.3, -0.25) is 4.79 Å². The van der Waals surface area contributed by atoms with E-state index in [1.54, 1.807) is 6.08 Å². The monoisotopic (exact) mass is 776 g/mol. The van der Waals surface area contributed by atoms with Crippen molar-refractivity contribution >= 4 is 17.6 Å². The van der Waals surface area contributed by atoms with E-state index in [1.165, 1.54) is 6.92 Å². The molecule has 0 unspecified atom stereocenters. The van der Waals surface area contributed by atoms with Crippen molar-refractivity contribution in [1.29, 1.82) is 0 Å². The largest absolute Gasteiger partial charge is 0.494 e. The summed E-state index contributed by atoms with van der Waals surface area (Å²) in [5, 5.41) is 0.539. The molecule has 1 heterocycles. The lowest BCUT2D eigenvalue weighted by Crippen LogP contribution is -2.58. The van der Waals surface area contributed by atoms with E-state index in [2.05, 4.69) is 6.58 Å². The van der Waals surface area contributed by atoms with Crippen molar-refractivity contribution in [2.75, 3.05) is 19.8 Å². The molecule has 0 aliphatic carbocycles. The fraction of sp³-hybridized carbons (Fsp3) is 0.298. The van der Waals surface area contributed by atoms with Crippen LogP contribution in [-0.4, -0.2) is 50.2 Å². The maximum Gasteiger partial charge on any atom is 0.302 e. The smallest absolute Gasteiger partial charge is 0.302 e. The van der Waals surface area contributed by atoms with Gasteiger partial charge >= 0.3 is 5.97 Å². The van der Waals surface area contributed by atoms with Crippen molar-refractivity contribution in [1.82, 2.24) is 0 Å². The lowest BCUT2D eigenvalue weighted by molar-refractivity contribution is -0.273. The number of carbonyl (C=O) groups excluding carboxylic acids is 1. The highest BCUT2D eigenvalue weighted by molar-refractivity contribution is 6.31. The van der Waals surface area contributed by atoms with Crippen molar-refractivity contribution in [3.8, 4) is 11.5 Å². The topological polar surface area (TPSA) is 81.7 Å². The van der Waals surface area contributed by atoms with Gasteiger partial charge in [0.15, 0.2) is 0 Å². The van der Waals surface area contributed by atoms with Crippen LogP contribution in [0.15, 0.2) is 140 Å². The molecular weight excluding hydrogens is 728 g/mol. The Morgan fingerprint density at radius 1 is 0.714 bits per heavy atom. The SMILES string of the molecule is C=CCOc1cc(Cl)c(Cc2ccc(OCC)cc2)cc1[C@@H]1O[C@H](COC(C)=O)[C@@H](OCc2ccccc2)[C@@H](OCc2ccccc2)[C@H]1OCc1ccccc1. The summed E-state index contributed by atoms with van der Waals surface area (Å²) in [5.74, 6) is 0.880. The summed E-state index contributed by atoms with van der Waals surface area (Å²) in [6.07, 6.45) is -1.42. The van der Waals surface area contributed by atoms with Gasteiger partial charge in [-0.1, -0.05) is 127 Å². The molecule has 56 heavy (non-hydrogen) atoms. The Hall–Kier alpha value is -4.96. The Kier molecular flexibility index (Phi) is 15.1. The summed E-state index contributed by atoms with van der Waals surface area (Å²) >= 11 is 7.01. The highest BCUT2D eigenvalue weighted by Gasteiger charge is 2.50. The second-order valence-corrected chi connectivity index (χ2v) is 13.9. The fourth-order valence-corrected chi connectivity index (χ4v) is 6.93. The molecule has 1 fully saturated rings. The molecule has 0 bridgehead atoms. The molecule has 1 aliphatic heterocycles. The molecule has 0 amide bonds. The van der Waals surface area contributed by atoms with Crippen LogP contribution in [0.5, 0.6) is 11.5 Å². The van der Waals surface area contributed by atoms with Crippen LogP contribution >= 0.6 is 11.6 Å². The first-order valence-electron chi connectivity index (χ1n) is 18.9. The first-order valence-corrected chi connectivity index (χ1v) is 19.3. The van der Waals surface area contributed by atoms with Crippen LogP contribution in [0.1, 0.15) is 53.3 Å². The first-order chi connectivity index (χ1) is 27.4. The van der Waals surface area contributed by atoms with Gasteiger partial charge in [0, 0.05) is 17.5 Å². The Balaban J connectivity index is 1.45. The number of hydrogen-bond donors (Lipinski definition) is 0. The molecule has 9 heteroatoms.